The van der Waals surface area contributed by atoms with E-state index in [2.05, 4.69) is 5.32 Å². The van der Waals surface area contributed by atoms with Gasteiger partial charge in [-0.2, -0.15) is 26.3 Å². The summed E-state index contributed by atoms with van der Waals surface area (Å²) in [5.74, 6) is -6.23. The monoisotopic (exact) mass is 759 g/mol. The predicted molar refractivity (Wildman–Crippen MR) is 184 cm³/mol. The summed E-state index contributed by atoms with van der Waals surface area (Å²) < 4.78 is 124. The highest BCUT2D eigenvalue weighted by atomic mass is 19.4. The van der Waals surface area contributed by atoms with Crippen molar-refractivity contribution < 1.29 is 49.4 Å². The molecule has 1 amide bonds. The van der Waals surface area contributed by atoms with E-state index in [4.69, 9.17) is 4.74 Å². The van der Waals surface area contributed by atoms with E-state index < -0.39 is 82.2 Å². The Labute approximate surface area is 303 Å². The number of aromatic nitrogens is 1. The first-order valence-corrected chi connectivity index (χ1v) is 17.1. The summed E-state index contributed by atoms with van der Waals surface area (Å²) in [6, 6.07) is 0.238. The summed E-state index contributed by atoms with van der Waals surface area (Å²) in [6.07, 6.45) is -10.4. The zero-order chi connectivity index (χ0) is 40.2. The number of esters is 1. The van der Waals surface area contributed by atoms with Crippen LogP contribution in [-0.4, -0.2) is 48.6 Å². The van der Waals surface area contributed by atoms with E-state index in [1.165, 1.54) is 13.8 Å². The standard InChI is InChI=1S/C38H45F8N3O4/c1-9-53-31(51)18-28(33-34(39)25(16-27(35(33)40)38(44,45)46)32-22(5)13-12-21(4)23(32)6)47-36(52)29(15-20(2)3)49-19-24(11-10-14-48(7)8)26(17-30(49)50)37(41,42)43/h12-13,16-17,19-20,28-29H,9-11,14-15,18H2,1-8H3,(H,47,52)/t28-,29?/m0/s1. The van der Waals surface area contributed by atoms with Crippen LogP contribution < -0.4 is 10.9 Å². The summed E-state index contributed by atoms with van der Waals surface area (Å²) in [5.41, 5.74) is -5.03. The lowest BCUT2D eigenvalue weighted by atomic mass is 9.87. The number of pyridine rings is 1. The molecule has 0 saturated carbocycles. The first kappa shape index (κ1) is 43.1. The van der Waals surface area contributed by atoms with Crippen molar-refractivity contribution in [3.05, 3.63) is 91.4 Å². The van der Waals surface area contributed by atoms with Crippen LogP contribution in [0.4, 0.5) is 35.1 Å². The Balaban J connectivity index is 2.31. The average Bonchev–Trinajstić information content (AvgIpc) is 3.02. The van der Waals surface area contributed by atoms with Crippen LogP contribution in [0, 0.1) is 38.3 Å². The zero-order valence-corrected chi connectivity index (χ0v) is 30.9. The van der Waals surface area contributed by atoms with Crippen LogP contribution in [-0.2, 0) is 33.1 Å². The van der Waals surface area contributed by atoms with Gasteiger partial charge in [-0.3, -0.25) is 14.4 Å². The number of benzene rings is 2. The highest BCUT2D eigenvalue weighted by Gasteiger charge is 2.41. The number of alkyl halides is 6. The van der Waals surface area contributed by atoms with Gasteiger partial charge in [0.25, 0.3) is 5.56 Å². The molecule has 53 heavy (non-hydrogen) atoms. The highest BCUT2D eigenvalue weighted by molar-refractivity contribution is 5.82. The fourth-order valence-electron chi connectivity index (χ4n) is 6.27. The lowest BCUT2D eigenvalue weighted by molar-refractivity contribution is -0.144. The molecule has 3 rings (SSSR count). The molecule has 15 heteroatoms. The van der Waals surface area contributed by atoms with Gasteiger partial charge < -0.3 is 19.5 Å². The molecule has 1 N–H and O–H groups in total. The number of ether oxygens (including phenoxy) is 1. The Hall–Kier alpha value is -4.27. The summed E-state index contributed by atoms with van der Waals surface area (Å²) in [7, 11) is 3.45. The van der Waals surface area contributed by atoms with E-state index in [9.17, 15) is 40.7 Å². The molecule has 1 aromatic heterocycles. The Bertz CT molecular complexity index is 1870. The van der Waals surface area contributed by atoms with E-state index in [0.29, 0.717) is 35.4 Å². The van der Waals surface area contributed by atoms with E-state index >= 15 is 8.78 Å². The topological polar surface area (TPSA) is 80.6 Å². The van der Waals surface area contributed by atoms with Gasteiger partial charge >= 0.3 is 18.3 Å². The molecule has 0 radical (unpaired) electrons. The van der Waals surface area contributed by atoms with E-state index in [1.807, 2.05) is 0 Å². The minimum Gasteiger partial charge on any atom is -0.466 e. The Morgan fingerprint density at radius 3 is 2.08 bits per heavy atom. The molecule has 292 valence electrons. The van der Waals surface area contributed by atoms with Gasteiger partial charge in [-0.05, 0) is 107 Å². The zero-order valence-electron chi connectivity index (χ0n) is 30.9. The maximum absolute atomic E-state index is 16.7. The van der Waals surface area contributed by atoms with Gasteiger partial charge in [0.15, 0.2) is 0 Å². The lowest BCUT2D eigenvalue weighted by Gasteiger charge is -2.28. The van der Waals surface area contributed by atoms with Crippen molar-refractivity contribution in [3.8, 4) is 11.1 Å². The number of aryl methyl sites for hydroxylation is 3. The third-order valence-corrected chi connectivity index (χ3v) is 8.95. The maximum Gasteiger partial charge on any atom is 0.419 e. The fourth-order valence-corrected chi connectivity index (χ4v) is 6.27. The lowest BCUT2D eigenvalue weighted by Crippen LogP contribution is -2.41. The molecular formula is C38H45F8N3O4. The molecule has 7 nitrogen and oxygen atoms in total. The smallest absolute Gasteiger partial charge is 0.419 e. The number of amides is 1. The first-order chi connectivity index (χ1) is 24.5. The van der Waals surface area contributed by atoms with E-state index in [0.717, 1.165) is 10.8 Å². The Morgan fingerprint density at radius 2 is 1.53 bits per heavy atom. The molecule has 0 aliphatic carbocycles. The fraction of sp³-hybridized carbons (Fsp3) is 0.500. The number of carbonyl (C=O) groups is 2. The maximum atomic E-state index is 16.7. The summed E-state index contributed by atoms with van der Waals surface area (Å²) in [5, 5.41) is 2.28. The largest absolute Gasteiger partial charge is 0.466 e. The predicted octanol–water partition coefficient (Wildman–Crippen LogP) is 8.65. The molecule has 0 aliphatic rings. The van der Waals surface area contributed by atoms with Crippen molar-refractivity contribution in [2.24, 2.45) is 5.92 Å². The summed E-state index contributed by atoms with van der Waals surface area (Å²) in [4.78, 5) is 42.0. The normalized spacial score (nSPS) is 13.4. The van der Waals surface area contributed by atoms with E-state index in [-0.39, 0.29) is 42.9 Å². The molecule has 0 saturated heterocycles. The minimum atomic E-state index is -5.35. The van der Waals surface area contributed by atoms with Crippen LogP contribution in [0.5, 0.6) is 0 Å². The molecule has 0 bridgehead atoms. The Morgan fingerprint density at radius 1 is 0.925 bits per heavy atom. The van der Waals surface area contributed by atoms with Crippen molar-refractivity contribution in [1.82, 2.24) is 14.8 Å². The molecule has 2 aromatic carbocycles. The van der Waals surface area contributed by atoms with Gasteiger partial charge in [0.1, 0.15) is 17.7 Å². The van der Waals surface area contributed by atoms with Crippen LogP contribution in [0.3, 0.4) is 0 Å². The van der Waals surface area contributed by atoms with Crippen LogP contribution in [0.25, 0.3) is 11.1 Å². The van der Waals surface area contributed by atoms with Gasteiger partial charge in [0.2, 0.25) is 5.91 Å². The minimum absolute atomic E-state index is 0.0475. The van der Waals surface area contributed by atoms with Crippen LogP contribution in [0.2, 0.25) is 0 Å². The quantitative estimate of drug-likeness (QED) is 0.132. The molecule has 0 fully saturated rings. The second kappa shape index (κ2) is 17.3. The van der Waals surface area contributed by atoms with Gasteiger partial charge in [0, 0.05) is 23.4 Å². The number of nitrogens with one attached hydrogen (secondary N) is 1. The van der Waals surface area contributed by atoms with Crippen LogP contribution in [0.1, 0.15) is 91.1 Å². The number of hydrogen-bond acceptors (Lipinski definition) is 5. The highest BCUT2D eigenvalue weighted by Crippen LogP contribution is 2.42. The number of hydrogen-bond donors (Lipinski definition) is 1. The van der Waals surface area contributed by atoms with Crippen molar-refractivity contribution in [3.63, 3.8) is 0 Å². The van der Waals surface area contributed by atoms with Gasteiger partial charge in [-0.1, -0.05) is 26.0 Å². The molecule has 0 aliphatic heterocycles. The number of nitrogens with zero attached hydrogens (tertiary/aromatic N) is 2. The Kier molecular flexibility index (Phi) is 14.0. The van der Waals surface area contributed by atoms with Crippen LogP contribution >= 0.6 is 0 Å². The molecule has 1 heterocycles. The van der Waals surface area contributed by atoms with Gasteiger partial charge in [0.05, 0.1) is 30.2 Å². The molecule has 1 unspecified atom stereocenters. The number of rotatable bonds is 14. The third-order valence-electron chi connectivity index (χ3n) is 8.95. The van der Waals surface area contributed by atoms with Crippen LogP contribution in [0.15, 0.2) is 35.3 Å². The van der Waals surface area contributed by atoms with Crippen molar-refractivity contribution >= 4 is 11.9 Å². The second-order valence-corrected chi connectivity index (χ2v) is 13.8. The van der Waals surface area contributed by atoms with Gasteiger partial charge in [-0.25, -0.2) is 8.78 Å². The summed E-state index contributed by atoms with van der Waals surface area (Å²) in [6.45, 7) is 9.64. The third kappa shape index (κ3) is 10.5. The molecular weight excluding hydrogens is 714 g/mol. The summed E-state index contributed by atoms with van der Waals surface area (Å²) >= 11 is 0. The molecule has 0 spiro atoms. The van der Waals surface area contributed by atoms with Crippen molar-refractivity contribution in [2.45, 2.75) is 91.7 Å². The molecule has 2 atom stereocenters. The molecule has 3 aromatic rings. The number of halogens is 8. The SMILES string of the molecule is CCOC(=O)C[C@H](NC(=O)C(CC(C)C)n1cc(CCCN(C)C)c(C(F)(F)F)cc1=O)c1c(F)c(-c2c(C)ccc(C)c2C)cc(C(F)(F)F)c1F. The average molecular weight is 760 g/mol. The van der Waals surface area contributed by atoms with Crippen molar-refractivity contribution in [2.75, 3.05) is 27.2 Å². The number of carbonyl (C=O) groups excluding carboxylic acids is 2. The van der Waals surface area contributed by atoms with E-state index in [1.54, 1.807) is 58.8 Å². The van der Waals surface area contributed by atoms with Gasteiger partial charge in [-0.15, -0.1) is 0 Å². The first-order valence-electron chi connectivity index (χ1n) is 17.1. The van der Waals surface area contributed by atoms with Crippen molar-refractivity contribution in [1.29, 1.82) is 0 Å². The second-order valence-electron chi connectivity index (χ2n) is 13.8.